The minimum Gasteiger partial charge on any atom is -0.489 e. The van der Waals surface area contributed by atoms with Crippen molar-refractivity contribution in [3.8, 4) is 5.75 Å². The molecule has 2 N–H and O–H groups in total. The summed E-state index contributed by atoms with van der Waals surface area (Å²) in [5.41, 5.74) is -0.824. The molecule has 3 amide bonds. The van der Waals surface area contributed by atoms with Crippen LogP contribution in [0.25, 0.3) is 0 Å². The van der Waals surface area contributed by atoms with Crippen molar-refractivity contribution in [2.75, 3.05) is 13.2 Å². The highest BCUT2D eigenvalue weighted by molar-refractivity contribution is 6.35. The Morgan fingerprint density at radius 3 is 2.85 bits per heavy atom. The van der Waals surface area contributed by atoms with Gasteiger partial charge in [0.25, 0.3) is 5.91 Å². The van der Waals surface area contributed by atoms with E-state index in [0.29, 0.717) is 22.2 Å². The number of ether oxygens (including phenoxy) is 1. The van der Waals surface area contributed by atoms with Crippen LogP contribution in [0.4, 0.5) is 4.79 Å². The fourth-order valence-electron chi connectivity index (χ4n) is 3.70. The average Bonchev–Trinajstić information content (AvgIpc) is 2.82. The number of hydrogen-bond donors (Lipinski definition) is 2. The monoisotopic (exact) mass is 400 g/mol. The lowest BCUT2D eigenvalue weighted by Crippen LogP contribution is -2.54. The number of halogens is 2. The van der Waals surface area contributed by atoms with Crippen LogP contribution in [-0.4, -0.2) is 46.7 Å². The van der Waals surface area contributed by atoms with Crippen LogP contribution in [0.15, 0.2) is 18.2 Å². The third-order valence-electron chi connectivity index (χ3n) is 5.22. The zero-order chi connectivity index (χ0) is 18.9. The van der Waals surface area contributed by atoms with E-state index in [2.05, 4.69) is 5.32 Å². The number of aliphatic hydroxyl groups is 1. The second-order valence-electron chi connectivity index (χ2n) is 7.00. The highest BCUT2D eigenvalue weighted by atomic mass is 35.5. The van der Waals surface area contributed by atoms with Crippen molar-refractivity contribution in [3.05, 3.63) is 28.2 Å². The molecule has 1 spiro atoms. The molecular formula is C18H22Cl2N2O4. The Hall–Kier alpha value is -1.50. The molecular weight excluding hydrogens is 379 g/mol. The van der Waals surface area contributed by atoms with E-state index in [9.17, 15) is 14.7 Å². The number of rotatable bonds is 5. The maximum atomic E-state index is 12.9. The molecule has 1 aromatic rings. The van der Waals surface area contributed by atoms with E-state index in [1.165, 1.54) is 6.07 Å². The number of nitrogens with zero attached hydrogens (tertiary/aromatic N) is 1. The molecule has 8 heteroatoms. The van der Waals surface area contributed by atoms with Crippen molar-refractivity contribution in [1.82, 2.24) is 10.2 Å². The summed E-state index contributed by atoms with van der Waals surface area (Å²) in [7, 11) is 0. The van der Waals surface area contributed by atoms with Gasteiger partial charge in [-0.15, -0.1) is 0 Å². The Balaban J connectivity index is 1.61. The van der Waals surface area contributed by atoms with Gasteiger partial charge in [-0.25, -0.2) is 4.79 Å². The quantitative estimate of drug-likeness (QED) is 0.743. The minimum atomic E-state index is -1.02. The van der Waals surface area contributed by atoms with Gasteiger partial charge in [0.15, 0.2) is 0 Å². The van der Waals surface area contributed by atoms with Crippen molar-refractivity contribution in [1.29, 1.82) is 0 Å². The number of urea groups is 1. The molecule has 1 aliphatic heterocycles. The van der Waals surface area contributed by atoms with Gasteiger partial charge < -0.3 is 15.2 Å². The number of hydrogen-bond acceptors (Lipinski definition) is 4. The first kappa shape index (κ1) is 19.3. The highest BCUT2D eigenvalue weighted by Crippen LogP contribution is 2.38. The van der Waals surface area contributed by atoms with Crippen LogP contribution >= 0.6 is 23.2 Å². The van der Waals surface area contributed by atoms with E-state index >= 15 is 0 Å². The molecule has 1 saturated heterocycles. The summed E-state index contributed by atoms with van der Waals surface area (Å²) in [6.45, 7) is 1.77. The second-order valence-corrected chi connectivity index (χ2v) is 7.85. The van der Waals surface area contributed by atoms with Crippen LogP contribution in [0.5, 0.6) is 5.75 Å². The first-order valence-electron chi connectivity index (χ1n) is 8.73. The Kier molecular flexibility index (Phi) is 5.65. The maximum Gasteiger partial charge on any atom is 0.325 e. The van der Waals surface area contributed by atoms with Crippen LogP contribution in [0, 0.1) is 5.92 Å². The Morgan fingerprint density at radius 2 is 2.15 bits per heavy atom. The molecule has 1 aromatic carbocycles. The number of carbonyl (C=O) groups is 2. The number of imide groups is 1. The second kappa shape index (κ2) is 7.62. The van der Waals surface area contributed by atoms with Crippen molar-refractivity contribution in [2.45, 2.75) is 44.2 Å². The van der Waals surface area contributed by atoms with Crippen LogP contribution in [0.3, 0.4) is 0 Å². The van der Waals surface area contributed by atoms with Gasteiger partial charge in [-0.3, -0.25) is 9.69 Å². The number of carbonyl (C=O) groups excluding carboxylic acids is 2. The normalized spacial score (nSPS) is 26.9. The Morgan fingerprint density at radius 1 is 1.38 bits per heavy atom. The number of benzene rings is 1. The predicted octanol–water partition coefficient (Wildman–Crippen LogP) is 3.23. The summed E-state index contributed by atoms with van der Waals surface area (Å²) in [6.07, 6.45) is 2.49. The molecule has 0 aromatic heterocycles. The lowest BCUT2D eigenvalue weighted by atomic mass is 9.73. The van der Waals surface area contributed by atoms with E-state index < -0.39 is 17.7 Å². The first-order chi connectivity index (χ1) is 12.3. The molecule has 2 fully saturated rings. The number of β-amino-alcohol motifs (C(OH)–C–C–N with tert-alkyl or cyclic N) is 1. The molecule has 1 heterocycles. The lowest BCUT2D eigenvalue weighted by Gasteiger charge is -2.36. The Labute approximate surface area is 162 Å². The molecule has 0 radical (unpaired) electrons. The molecule has 26 heavy (non-hydrogen) atoms. The molecule has 2 aliphatic rings. The zero-order valence-corrected chi connectivity index (χ0v) is 16.0. The fourth-order valence-corrected chi connectivity index (χ4v) is 4.17. The van der Waals surface area contributed by atoms with Gasteiger partial charge in [0, 0.05) is 5.02 Å². The summed E-state index contributed by atoms with van der Waals surface area (Å²) >= 11 is 11.9. The van der Waals surface area contributed by atoms with Gasteiger partial charge in [0.1, 0.15) is 24.0 Å². The van der Waals surface area contributed by atoms with E-state index in [4.69, 9.17) is 27.9 Å². The third-order valence-corrected chi connectivity index (χ3v) is 5.75. The van der Waals surface area contributed by atoms with Crippen molar-refractivity contribution in [2.24, 2.45) is 5.92 Å². The van der Waals surface area contributed by atoms with Crippen LogP contribution < -0.4 is 10.1 Å². The van der Waals surface area contributed by atoms with Crippen LogP contribution in [-0.2, 0) is 4.79 Å². The third kappa shape index (κ3) is 3.63. The molecule has 6 nitrogen and oxygen atoms in total. The van der Waals surface area contributed by atoms with Gasteiger partial charge in [0.2, 0.25) is 0 Å². The number of aliphatic hydroxyl groups excluding tert-OH is 1. The van der Waals surface area contributed by atoms with Gasteiger partial charge in [0.05, 0.1) is 11.6 Å². The summed E-state index contributed by atoms with van der Waals surface area (Å²) in [5.74, 6) is 0.210. The summed E-state index contributed by atoms with van der Waals surface area (Å²) in [6, 6.07) is 4.31. The van der Waals surface area contributed by atoms with Gasteiger partial charge in [-0.2, -0.15) is 0 Å². The summed E-state index contributed by atoms with van der Waals surface area (Å²) in [4.78, 5) is 26.3. The standard InChI is InChI=1S/C18H22Cl2N2O4/c1-11-4-2-3-7-18(11)16(24)22(17(25)21-18)9-13(23)10-26-15-6-5-12(19)8-14(15)20/h5-6,8,11,13,23H,2-4,7,9-10H2,1H3,(H,21,25). The van der Waals surface area contributed by atoms with E-state index in [0.717, 1.165) is 24.2 Å². The molecule has 142 valence electrons. The van der Waals surface area contributed by atoms with Gasteiger partial charge in [-0.05, 0) is 37.0 Å². The molecule has 3 atom stereocenters. The Bertz CT molecular complexity index is 714. The molecule has 3 rings (SSSR count). The van der Waals surface area contributed by atoms with Gasteiger partial charge >= 0.3 is 6.03 Å². The van der Waals surface area contributed by atoms with E-state index in [1.54, 1.807) is 12.1 Å². The maximum absolute atomic E-state index is 12.9. The minimum absolute atomic E-state index is 0.0824. The summed E-state index contributed by atoms with van der Waals surface area (Å²) in [5, 5.41) is 13.9. The first-order valence-corrected chi connectivity index (χ1v) is 9.49. The lowest BCUT2D eigenvalue weighted by molar-refractivity contribution is -0.135. The van der Waals surface area contributed by atoms with E-state index in [-0.39, 0.29) is 25.0 Å². The van der Waals surface area contributed by atoms with Crippen molar-refractivity contribution in [3.63, 3.8) is 0 Å². The fraction of sp³-hybridized carbons (Fsp3) is 0.556. The van der Waals surface area contributed by atoms with Crippen LogP contribution in [0.2, 0.25) is 10.0 Å². The topological polar surface area (TPSA) is 78.9 Å². The number of nitrogens with one attached hydrogen (secondary N) is 1. The van der Waals surface area contributed by atoms with Crippen molar-refractivity contribution >= 4 is 35.1 Å². The zero-order valence-electron chi connectivity index (χ0n) is 14.5. The SMILES string of the molecule is CC1CCCCC12NC(=O)N(CC(O)COc1ccc(Cl)cc1Cl)C2=O. The molecule has 3 unspecified atom stereocenters. The van der Waals surface area contributed by atoms with E-state index in [1.807, 2.05) is 6.92 Å². The largest absolute Gasteiger partial charge is 0.489 e. The van der Waals surface area contributed by atoms with Crippen molar-refractivity contribution < 1.29 is 19.4 Å². The number of amides is 3. The smallest absolute Gasteiger partial charge is 0.325 e. The summed E-state index contributed by atoms with van der Waals surface area (Å²) < 4.78 is 5.48. The average molecular weight is 401 g/mol. The molecule has 1 saturated carbocycles. The molecule has 0 bridgehead atoms. The van der Waals surface area contributed by atoms with Crippen LogP contribution in [0.1, 0.15) is 32.6 Å². The predicted molar refractivity (Wildman–Crippen MR) is 98.6 cm³/mol. The highest BCUT2D eigenvalue weighted by Gasteiger charge is 2.55. The molecule has 1 aliphatic carbocycles. The van der Waals surface area contributed by atoms with Gasteiger partial charge in [-0.1, -0.05) is 43.0 Å².